The number of hydrogen-bond acceptors (Lipinski definition) is 5. The lowest BCUT2D eigenvalue weighted by molar-refractivity contribution is -0.126. The summed E-state index contributed by atoms with van der Waals surface area (Å²) in [5, 5.41) is 2.74. The van der Waals surface area contributed by atoms with Crippen LogP contribution >= 0.6 is 12.4 Å². The number of amides is 2. The van der Waals surface area contributed by atoms with Crippen molar-refractivity contribution in [2.45, 2.75) is 31.1 Å². The lowest BCUT2D eigenvalue weighted by Crippen LogP contribution is -2.46. The predicted octanol–water partition coefficient (Wildman–Crippen LogP) is 0.493. The summed E-state index contributed by atoms with van der Waals surface area (Å²) in [7, 11) is -3.68. The van der Waals surface area contributed by atoms with E-state index in [9.17, 15) is 18.0 Å². The molecule has 0 bridgehead atoms. The van der Waals surface area contributed by atoms with Crippen LogP contribution < -0.4 is 16.0 Å². The van der Waals surface area contributed by atoms with E-state index < -0.39 is 10.0 Å². The number of piperidine rings is 1. The average Bonchev–Trinajstić information content (AvgIpc) is 3.09. The SMILES string of the molecule is CC(=O)N1CCc2cc(S(=O)(=O)N3CCCC(C(=O)NCCN)C3)ccc21.Cl. The number of rotatable bonds is 5. The second kappa shape index (κ2) is 9.21. The van der Waals surface area contributed by atoms with Gasteiger partial charge in [-0.1, -0.05) is 0 Å². The van der Waals surface area contributed by atoms with Crippen LogP contribution in [0.4, 0.5) is 5.69 Å². The maximum Gasteiger partial charge on any atom is 0.243 e. The molecule has 2 amide bonds. The van der Waals surface area contributed by atoms with Gasteiger partial charge in [0.1, 0.15) is 0 Å². The molecule has 0 spiro atoms. The van der Waals surface area contributed by atoms with Crippen LogP contribution in [0.15, 0.2) is 23.1 Å². The molecule has 156 valence electrons. The molecule has 0 radical (unpaired) electrons. The fraction of sp³-hybridized carbons (Fsp3) is 0.556. The van der Waals surface area contributed by atoms with E-state index in [-0.39, 0.29) is 41.6 Å². The summed E-state index contributed by atoms with van der Waals surface area (Å²) in [6.45, 7) is 3.39. The maximum atomic E-state index is 13.1. The zero-order valence-corrected chi connectivity index (χ0v) is 17.5. The minimum Gasteiger partial charge on any atom is -0.355 e. The van der Waals surface area contributed by atoms with Crippen molar-refractivity contribution < 1.29 is 18.0 Å². The van der Waals surface area contributed by atoms with Crippen molar-refractivity contribution in [1.82, 2.24) is 9.62 Å². The first-order chi connectivity index (χ1) is 12.8. The number of nitrogens with one attached hydrogen (secondary N) is 1. The van der Waals surface area contributed by atoms with Crippen molar-refractivity contribution in [1.29, 1.82) is 0 Å². The number of nitrogens with two attached hydrogens (primary N) is 1. The summed E-state index contributed by atoms with van der Waals surface area (Å²) >= 11 is 0. The van der Waals surface area contributed by atoms with Gasteiger partial charge in [0.15, 0.2) is 0 Å². The lowest BCUT2D eigenvalue weighted by Gasteiger charge is -2.31. The van der Waals surface area contributed by atoms with E-state index in [1.165, 1.54) is 11.2 Å². The summed E-state index contributed by atoms with van der Waals surface area (Å²) in [6, 6.07) is 4.91. The van der Waals surface area contributed by atoms with Gasteiger partial charge in [0, 0.05) is 45.3 Å². The molecule has 10 heteroatoms. The zero-order valence-electron chi connectivity index (χ0n) is 15.9. The number of sulfonamides is 1. The second-order valence-electron chi connectivity index (χ2n) is 6.99. The Morgan fingerprint density at radius 2 is 2.04 bits per heavy atom. The summed E-state index contributed by atoms with van der Waals surface area (Å²) in [5.74, 6) is -0.555. The van der Waals surface area contributed by atoms with Gasteiger partial charge >= 0.3 is 0 Å². The van der Waals surface area contributed by atoms with E-state index in [0.717, 1.165) is 11.3 Å². The lowest BCUT2D eigenvalue weighted by atomic mass is 9.99. The van der Waals surface area contributed by atoms with Crippen LogP contribution in [-0.4, -0.2) is 57.3 Å². The van der Waals surface area contributed by atoms with Crippen LogP contribution in [0.3, 0.4) is 0 Å². The van der Waals surface area contributed by atoms with Gasteiger partial charge in [0.25, 0.3) is 0 Å². The molecule has 1 fully saturated rings. The number of fused-ring (bicyclic) bond motifs is 1. The molecule has 28 heavy (non-hydrogen) atoms. The standard InChI is InChI=1S/C18H26N4O4S.ClH/c1-13(23)22-10-6-14-11-16(4-5-17(14)22)27(25,26)21-9-2-3-15(12-21)18(24)20-8-7-19;/h4-5,11,15H,2-3,6-10,12,19H2,1H3,(H,20,24);1H. The summed E-state index contributed by atoms with van der Waals surface area (Å²) in [6.07, 6.45) is 1.95. The van der Waals surface area contributed by atoms with E-state index >= 15 is 0 Å². The molecular formula is C18H27ClN4O4S. The van der Waals surface area contributed by atoms with Crippen LogP contribution in [0.25, 0.3) is 0 Å². The Kier molecular flexibility index (Phi) is 7.44. The molecule has 3 rings (SSSR count). The topological polar surface area (TPSA) is 113 Å². The molecule has 8 nitrogen and oxygen atoms in total. The van der Waals surface area contributed by atoms with Crippen molar-refractivity contribution >= 4 is 39.9 Å². The predicted molar refractivity (Wildman–Crippen MR) is 109 cm³/mol. The molecule has 2 aliphatic rings. The molecule has 1 aromatic rings. The number of halogens is 1. The summed E-state index contributed by atoms with van der Waals surface area (Å²) in [4.78, 5) is 25.7. The number of carbonyl (C=O) groups is 2. The van der Waals surface area contributed by atoms with Gasteiger partial charge in [-0.2, -0.15) is 4.31 Å². The molecule has 1 saturated heterocycles. The monoisotopic (exact) mass is 430 g/mol. The molecule has 1 unspecified atom stereocenters. The smallest absolute Gasteiger partial charge is 0.243 e. The fourth-order valence-corrected chi connectivity index (χ4v) is 5.30. The highest BCUT2D eigenvalue weighted by molar-refractivity contribution is 7.89. The van der Waals surface area contributed by atoms with Crippen molar-refractivity contribution in [3.8, 4) is 0 Å². The van der Waals surface area contributed by atoms with Crippen LogP contribution in [0.2, 0.25) is 0 Å². The third-order valence-electron chi connectivity index (χ3n) is 5.16. The van der Waals surface area contributed by atoms with Gasteiger partial charge in [-0.05, 0) is 43.0 Å². The van der Waals surface area contributed by atoms with E-state index in [1.807, 2.05) is 0 Å². The molecule has 2 heterocycles. The molecular weight excluding hydrogens is 404 g/mol. The molecule has 0 aliphatic carbocycles. The van der Waals surface area contributed by atoms with Crippen molar-refractivity contribution in [2.75, 3.05) is 37.6 Å². The third kappa shape index (κ3) is 4.48. The van der Waals surface area contributed by atoms with Crippen LogP contribution in [-0.2, 0) is 26.0 Å². The highest BCUT2D eigenvalue weighted by Gasteiger charge is 2.34. The van der Waals surface area contributed by atoms with E-state index in [1.54, 1.807) is 23.1 Å². The number of carbonyl (C=O) groups excluding carboxylic acids is 2. The minimum absolute atomic E-state index is 0. The van der Waals surface area contributed by atoms with Crippen molar-refractivity contribution in [3.05, 3.63) is 23.8 Å². The van der Waals surface area contributed by atoms with Gasteiger partial charge in [-0.15, -0.1) is 12.4 Å². The Labute approximate surface area is 171 Å². The van der Waals surface area contributed by atoms with Crippen molar-refractivity contribution in [2.24, 2.45) is 11.7 Å². The number of benzene rings is 1. The molecule has 3 N–H and O–H groups in total. The normalized spacial score (nSPS) is 19.6. The Bertz CT molecular complexity index is 846. The Morgan fingerprint density at radius 3 is 2.71 bits per heavy atom. The van der Waals surface area contributed by atoms with Crippen LogP contribution in [0.1, 0.15) is 25.3 Å². The first-order valence-electron chi connectivity index (χ1n) is 9.23. The number of hydrogen-bond donors (Lipinski definition) is 2. The fourth-order valence-electron chi connectivity index (χ4n) is 3.73. The van der Waals surface area contributed by atoms with Crippen LogP contribution in [0.5, 0.6) is 0 Å². The quantitative estimate of drug-likeness (QED) is 0.706. The highest BCUT2D eigenvalue weighted by Crippen LogP contribution is 2.32. The first kappa shape index (κ1) is 22.6. The molecule has 1 aromatic carbocycles. The van der Waals surface area contributed by atoms with Crippen molar-refractivity contribution in [3.63, 3.8) is 0 Å². The van der Waals surface area contributed by atoms with Gasteiger partial charge in [0.05, 0.1) is 10.8 Å². The Balaban J connectivity index is 0.00000280. The summed E-state index contributed by atoms with van der Waals surface area (Å²) in [5.41, 5.74) is 7.04. The molecule has 1 atom stereocenters. The Morgan fingerprint density at radius 1 is 1.29 bits per heavy atom. The van der Waals surface area contributed by atoms with E-state index in [4.69, 9.17) is 5.73 Å². The molecule has 0 saturated carbocycles. The molecule has 0 aromatic heterocycles. The second-order valence-corrected chi connectivity index (χ2v) is 8.93. The first-order valence-corrected chi connectivity index (χ1v) is 10.7. The van der Waals surface area contributed by atoms with Gasteiger partial charge in [-0.25, -0.2) is 8.42 Å². The third-order valence-corrected chi connectivity index (χ3v) is 7.02. The maximum absolute atomic E-state index is 13.1. The molecule has 2 aliphatic heterocycles. The Hall–Kier alpha value is -1.68. The number of nitrogens with zero attached hydrogens (tertiary/aromatic N) is 2. The minimum atomic E-state index is -3.68. The van der Waals surface area contributed by atoms with Gasteiger partial charge in [-0.3, -0.25) is 9.59 Å². The van der Waals surface area contributed by atoms with Gasteiger partial charge < -0.3 is 16.0 Å². The van der Waals surface area contributed by atoms with E-state index in [2.05, 4.69) is 5.32 Å². The number of anilines is 1. The van der Waals surface area contributed by atoms with Crippen LogP contribution in [0, 0.1) is 5.92 Å². The summed E-state index contributed by atoms with van der Waals surface area (Å²) < 4.78 is 27.5. The zero-order chi connectivity index (χ0) is 19.6. The van der Waals surface area contributed by atoms with Gasteiger partial charge in [0.2, 0.25) is 21.8 Å². The average molecular weight is 431 g/mol. The highest BCUT2D eigenvalue weighted by atomic mass is 35.5. The largest absolute Gasteiger partial charge is 0.355 e. The van der Waals surface area contributed by atoms with E-state index in [0.29, 0.717) is 45.4 Å².